The van der Waals surface area contributed by atoms with Crippen LogP contribution >= 0.6 is 0 Å². The van der Waals surface area contributed by atoms with Gasteiger partial charge in [0.15, 0.2) is 6.04 Å². The maximum absolute atomic E-state index is 11.8. The van der Waals surface area contributed by atoms with Crippen LogP contribution in [0.3, 0.4) is 0 Å². The number of rotatable bonds is 5. The van der Waals surface area contributed by atoms with E-state index >= 15 is 0 Å². The number of hydrogen-bond donors (Lipinski definition) is 3. The fourth-order valence-electron chi connectivity index (χ4n) is 1.51. The third-order valence-electron chi connectivity index (χ3n) is 2.70. The molecule has 21 heavy (non-hydrogen) atoms. The summed E-state index contributed by atoms with van der Waals surface area (Å²) in [6, 6.07) is -1.61. The van der Waals surface area contributed by atoms with Crippen LogP contribution in [0.4, 0.5) is 0 Å². The van der Waals surface area contributed by atoms with Crippen LogP contribution < -0.4 is 11.2 Å². The fourth-order valence-corrected chi connectivity index (χ4v) is 1.51. The molecular weight excluding hydrogens is 286 g/mol. The fraction of sp³-hybridized carbons (Fsp3) is 0.364. The molecule has 0 bridgehead atoms. The number of carboxylic acid groups (broad SMARTS) is 2. The molecule has 0 saturated heterocycles. The lowest BCUT2D eigenvalue weighted by molar-refractivity contribution is -0.144. The van der Waals surface area contributed by atoms with Crippen LogP contribution in [0.2, 0.25) is 0 Å². The number of aliphatic carboxylic acids is 2. The van der Waals surface area contributed by atoms with Gasteiger partial charge in [0, 0.05) is 20.3 Å². The van der Waals surface area contributed by atoms with Crippen molar-refractivity contribution in [3.05, 3.63) is 26.4 Å². The van der Waals surface area contributed by atoms with E-state index in [2.05, 4.69) is 4.99 Å². The summed E-state index contributed by atoms with van der Waals surface area (Å²) in [5, 5.41) is 27.1. The maximum Gasteiger partial charge on any atom is 0.333 e. The lowest BCUT2D eigenvalue weighted by Gasteiger charge is -2.08. The van der Waals surface area contributed by atoms with E-state index in [1.165, 1.54) is 14.1 Å². The molecule has 10 heteroatoms. The highest BCUT2D eigenvalue weighted by Crippen LogP contribution is 2.07. The molecule has 1 atom stereocenters. The Morgan fingerprint density at radius 2 is 1.81 bits per heavy atom. The zero-order chi connectivity index (χ0) is 16.3. The first-order valence-corrected chi connectivity index (χ1v) is 5.63. The summed E-state index contributed by atoms with van der Waals surface area (Å²) in [5.41, 5.74) is -2.05. The predicted octanol–water partition coefficient (Wildman–Crippen LogP) is -1.86. The Hall–Kier alpha value is -2.91. The second kappa shape index (κ2) is 6.03. The summed E-state index contributed by atoms with van der Waals surface area (Å²) in [4.78, 5) is 48.1. The molecule has 0 amide bonds. The molecule has 10 nitrogen and oxygen atoms in total. The summed E-state index contributed by atoms with van der Waals surface area (Å²) >= 11 is 0. The number of carboxylic acids is 2. The molecule has 1 rings (SSSR count). The maximum atomic E-state index is 11.8. The van der Waals surface area contributed by atoms with Gasteiger partial charge in [-0.25, -0.2) is 9.59 Å². The number of aliphatic imine (C=N–C) groups is 1. The largest absolute Gasteiger partial charge is 0.494 e. The monoisotopic (exact) mass is 299 g/mol. The normalized spacial score (nSPS) is 12.5. The topological polar surface area (TPSA) is 151 Å². The number of carbonyl (C=O) groups is 2. The minimum absolute atomic E-state index is 0.406. The van der Waals surface area contributed by atoms with Crippen LogP contribution in [0.1, 0.15) is 12.0 Å². The zero-order valence-corrected chi connectivity index (χ0v) is 11.2. The molecule has 1 aromatic rings. The van der Waals surface area contributed by atoms with Gasteiger partial charge in [-0.05, 0) is 0 Å². The highest BCUT2D eigenvalue weighted by atomic mass is 16.4. The van der Waals surface area contributed by atoms with Gasteiger partial charge >= 0.3 is 17.6 Å². The molecular formula is C11H13N3O7. The Labute approximate surface area is 117 Å². The van der Waals surface area contributed by atoms with E-state index in [1.807, 2.05) is 0 Å². The second-order valence-corrected chi connectivity index (χ2v) is 4.17. The Kier molecular flexibility index (Phi) is 4.64. The van der Waals surface area contributed by atoms with Crippen molar-refractivity contribution in [3.63, 3.8) is 0 Å². The molecule has 0 aliphatic carbocycles. The third-order valence-corrected chi connectivity index (χ3v) is 2.70. The van der Waals surface area contributed by atoms with E-state index in [0.29, 0.717) is 4.57 Å². The van der Waals surface area contributed by atoms with Crippen LogP contribution in [0.5, 0.6) is 5.88 Å². The van der Waals surface area contributed by atoms with E-state index in [0.717, 1.165) is 10.8 Å². The van der Waals surface area contributed by atoms with Crippen molar-refractivity contribution in [2.45, 2.75) is 12.5 Å². The molecule has 0 saturated carbocycles. The van der Waals surface area contributed by atoms with Crippen molar-refractivity contribution in [2.75, 3.05) is 0 Å². The summed E-state index contributed by atoms with van der Waals surface area (Å²) < 4.78 is 1.48. The molecule has 0 unspecified atom stereocenters. The lowest BCUT2D eigenvalue weighted by Crippen LogP contribution is -2.38. The van der Waals surface area contributed by atoms with Crippen LogP contribution in [0, 0.1) is 0 Å². The second-order valence-electron chi connectivity index (χ2n) is 4.17. The van der Waals surface area contributed by atoms with Gasteiger partial charge in [-0.2, -0.15) is 0 Å². The van der Waals surface area contributed by atoms with Crippen molar-refractivity contribution in [2.24, 2.45) is 19.1 Å². The molecule has 3 N–H and O–H groups in total. The Balaban J connectivity index is 3.33. The number of nitrogens with zero attached hydrogens (tertiary/aromatic N) is 3. The molecule has 1 aromatic heterocycles. The van der Waals surface area contributed by atoms with Gasteiger partial charge in [0.05, 0.1) is 6.42 Å². The van der Waals surface area contributed by atoms with Crippen molar-refractivity contribution < 1.29 is 24.9 Å². The third kappa shape index (κ3) is 3.35. The van der Waals surface area contributed by atoms with Gasteiger partial charge < -0.3 is 15.3 Å². The van der Waals surface area contributed by atoms with E-state index in [9.17, 15) is 24.3 Å². The van der Waals surface area contributed by atoms with Crippen molar-refractivity contribution >= 4 is 18.2 Å². The first-order valence-electron chi connectivity index (χ1n) is 5.63. The van der Waals surface area contributed by atoms with Gasteiger partial charge in [0.2, 0.25) is 5.88 Å². The highest BCUT2D eigenvalue weighted by molar-refractivity contribution is 5.87. The first kappa shape index (κ1) is 16.1. The Bertz CT molecular complexity index is 729. The molecule has 114 valence electrons. The Morgan fingerprint density at radius 3 is 2.29 bits per heavy atom. The molecule has 0 fully saturated rings. The van der Waals surface area contributed by atoms with Crippen molar-refractivity contribution in [1.82, 2.24) is 9.13 Å². The Morgan fingerprint density at radius 1 is 1.24 bits per heavy atom. The molecule has 0 aromatic carbocycles. The van der Waals surface area contributed by atoms with E-state index in [-0.39, 0.29) is 0 Å². The lowest BCUT2D eigenvalue weighted by atomic mass is 10.2. The van der Waals surface area contributed by atoms with E-state index < -0.39 is 47.1 Å². The van der Waals surface area contributed by atoms with Crippen LogP contribution in [0.25, 0.3) is 0 Å². The van der Waals surface area contributed by atoms with Crippen LogP contribution in [-0.4, -0.2) is 48.6 Å². The smallest absolute Gasteiger partial charge is 0.333 e. The van der Waals surface area contributed by atoms with E-state index in [1.54, 1.807) is 0 Å². The minimum atomic E-state index is -1.61. The summed E-state index contributed by atoms with van der Waals surface area (Å²) in [6.45, 7) is 0. The van der Waals surface area contributed by atoms with Crippen molar-refractivity contribution in [1.29, 1.82) is 0 Å². The summed E-state index contributed by atoms with van der Waals surface area (Å²) in [7, 11) is 2.38. The van der Waals surface area contributed by atoms with Crippen LogP contribution in [0.15, 0.2) is 14.6 Å². The molecule has 0 spiro atoms. The molecule has 0 aliphatic rings. The SMILES string of the molecule is Cn1c(O)c(C=N[C@H](CC(=O)O)C(=O)O)c(=O)n(C)c1=O. The van der Waals surface area contributed by atoms with Crippen molar-refractivity contribution in [3.8, 4) is 5.88 Å². The average Bonchev–Trinajstić information content (AvgIpc) is 2.41. The number of aromatic nitrogens is 2. The van der Waals surface area contributed by atoms with Gasteiger partial charge in [0.1, 0.15) is 5.56 Å². The van der Waals surface area contributed by atoms with Crippen LogP contribution in [-0.2, 0) is 23.7 Å². The van der Waals surface area contributed by atoms with Gasteiger partial charge in [-0.3, -0.25) is 23.7 Å². The quantitative estimate of drug-likeness (QED) is 0.539. The average molecular weight is 299 g/mol. The minimum Gasteiger partial charge on any atom is -0.494 e. The summed E-state index contributed by atoms with van der Waals surface area (Å²) in [6.07, 6.45) is -0.0302. The highest BCUT2D eigenvalue weighted by Gasteiger charge is 2.20. The zero-order valence-electron chi connectivity index (χ0n) is 11.2. The molecule has 1 heterocycles. The van der Waals surface area contributed by atoms with E-state index in [4.69, 9.17) is 10.2 Å². The first-order chi connectivity index (χ1) is 9.66. The van der Waals surface area contributed by atoms with Gasteiger partial charge in [-0.15, -0.1) is 0 Å². The predicted molar refractivity (Wildman–Crippen MR) is 69.9 cm³/mol. The molecule has 0 aliphatic heterocycles. The number of hydrogen-bond acceptors (Lipinski definition) is 6. The van der Waals surface area contributed by atoms with Gasteiger partial charge in [0.25, 0.3) is 5.56 Å². The molecule has 0 radical (unpaired) electrons. The van der Waals surface area contributed by atoms with Gasteiger partial charge in [-0.1, -0.05) is 0 Å². The summed E-state index contributed by atoms with van der Waals surface area (Å²) in [5.74, 6) is -3.56. The number of aromatic hydroxyl groups is 1. The standard InChI is InChI=1S/C11H13N3O7/c1-13-8(17)5(9(18)14(2)11(13)21)4-12-6(10(19)20)3-7(15)16/h4,6,17H,3H2,1-2H3,(H,15,16)(H,19,20)/t6-/m1/s1.